The Labute approximate surface area is 182 Å². The number of fused-ring (bicyclic) bond motifs is 1. The van der Waals surface area contributed by atoms with E-state index in [9.17, 15) is 9.59 Å². The fourth-order valence-electron chi connectivity index (χ4n) is 3.12. The summed E-state index contributed by atoms with van der Waals surface area (Å²) >= 11 is 1.37. The van der Waals surface area contributed by atoms with E-state index in [4.69, 9.17) is 9.47 Å². The van der Waals surface area contributed by atoms with E-state index in [2.05, 4.69) is 9.97 Å². The van der Waals surface area contributed by atoms with E-state index in [0.29, 0.717) is 16.6 Å². The number of aromatic nitrogens is 2. The van der Waals surface area contributed by atoms with Crippen molar-refractivity contribution in [3.05, 3.63) is 83.7 Å². The minimum Gasteiger partial charge on any atom is -0.497 e. The molecule has 2 aromatic heterocycles. The van der Waals surface area contributed by atoms with Crippen molar-refractivity contribution in [2.45, 2.75) is 6.54 Å². The van der Waals surface area contributed by atoms with Crippen molar-refractivity contribution in [1.29, 1.82) is 0 Å². The molecule has 8 heteroatoms. The zero-order valence-electron chi connectivity index (χ0n) is 16.9. The van der Waals surface area contributed by atoms with Crippen LogP contribution in [0.2, 0.25) is 0 Å². The second-order valence-electron chi connectivity index (χ2n) is 6.58. The molecule has 4 rings (SSSR count). The van der Waals surface area contributed by atoms with Crippen molar-refractivity contribution in [1.82, 2.24) is 9.97 Å². The standard InChI is InChI=1S/C23H19N3O4S/c1-29-16-10-11-19-20(13-16)31-23(25-19)26(14-15-7-5-6-12-24-15)21(27)17-8-3-4-9-18(17)22(28)30-2/h3-13H,14H2,1-2H3. The first-order valence-electron chi connectivity index (χ1n) is 9.44. The van der Waals surface area contributed by atoms with Crippen molar-refractivity contribution < 1.29 is 19.1 Å². The molecule has 0 saturated carbocycles. The number of ether oxygens (including phenoxy) is 2. The van der Waals surface area contributed by atoms with Crippen LogP contribution in [-0.2, 0) is 11.3 Å². The van der Waals surface area contributed by atoms with Gasteiger partial charge >= 0.3 is 5.97 Å². The van der Waals surface area contributed by atoms with Crippen LogP contribution in [0.25, 0.3) is 10.2 Å². The Kier molecular flexibility index (Phi) is 5.90. The van der Waals surface area contributed by atoms with E-state index < -0.39 is 5.97 Å². The van der Waals surface area contributed by atoms with Crippen molar-refractivity contribution in [2.75, 3.05) is 19.1 Å². The van der Waals surface area contributed by atoms with Gasteiger partial charge in [-0.1, -0.05) is 29.5 Å². The third-order valence-corrected chi connectivity index (χ3v) is 5.71. The lowest BCUT2D eigenvalue weighted by Gasteiger charge is -2.20. The van der Waals surface area contributed by atoms with Gasteiger partial charge in [-0.15, -0.1) is 0 Å². The van der Waals surface area contributed by atoms with Crippen LogP contribution in [0.3, 0.4) is 0 Å². The molecule has 0 fully saturated rings. The predicted molar refractivity (Wildman–Crippen MR) is 119 cm³/mol. The molecule has 2 heterocycles. The van der Waals surface area contributed by atoms with E-state index in [-0.39, 0.29) is 23.6 Å². The number of pyridine rings is 1. The quantitative estimate of drug-likeness (QED) is 0.421. The summed E-state index contributed by atoms with van der Waals surface area (Å²) in [7, 11) is 2.89. The summed E-state index contributed by atoms with van der Waals surface area (Å²) in [5.41, 5.74) is 1.88. The van der Waals surface area contributed by atoms with Crippen LogP contribution in [-0.4, -0.2) is 36.1 Å². The lowest BCUT2D eigenvalue weighted by Crippen LogP contribution is -2.32. The molecule has 0 N–H and O–H groups in total. The lowest BCUT2D eigenvalue weighted by atomic mass is 10.1. The molecule has 156 valence electrons. The van der Waals surface area contributed by atoms with E-state index in [1.807, 2.05) is 36.4 Å². The van der Waals surface area contributed by atoms with Gasteiger partial charge in [0.05, 0.1) is 47.8 Å². The molecule has 4 aromatic rings. The summed E-state index contributed by atoms with van der Waals surface area (Å²) in [5.74, 6) is -0.227. The van der Waals surface area contributed by atoms with E-state index in [1.54, 1.807) is 37.6 Å². The fraction of sp³-hybridized carbons (Fsp3) is 0.130. The third kappa shape index (κ3) is 4.24. The highest BCUT2D eigenvalue weighted by molar-refractivity contribution is 7.22. The van der Waals surface area contributed by atoms with Crippen molar-refractivity contribution in [3.63, 3.8) is 0 Å². The monoisotopic (exact) mass is 433 g/mol. The van der Waals surface area contributed by atoms with Crippen LogP contribution >= 0.6 is 11.3 Å². The zero-order valence-corrected chi connectivity index (χ0v) is 17.8. The molecule has 0 saturated heterocycles. The Morgan fingerprint density at radius 1 is 1.00 bits per heavy atom. The molecule has 2 aromatic carbocycles. The van der Waals surface area contributed by atoms with Crippen LogP contribution in [0, 0.1) is 0 Å². The number of benzene rings is 2. The maximum Gasteiger partial charge on any atom is 0.338 e. The molecule has 1 amide bonds. The van der Waals surface area contributed by atoms with Crippen LogP contribution in [0.15, 0.2) is 66.9 Å². The number of carbonyl (C=O) groups excluding carboxylic acids is 2. The summed E-state index contributed by atoms with van der Waals surface area (Å²) < 4.78 is 11.0. The number of hydrogen-bond acceptors (Lipinski definition) is 7. The Hall–Kier alpha value is -3.78. The molecule has 0 atom stereocenters. The summed E-state index contributed by atoms with van der Waals surface area (Å²) in [6.45, 7) is 0.201. The van der Waals surface area contributed by atoms with Crippen molar-refractivity contribution in [3.8, 4) is 5.75 Å². The highest BCUT2D eigenvalue weighted by Gasteiger charge is 2.26. The number of methoxy groups -OCH3 is 2. The van der Waals surface area contributed by atoms with Crippen molar-refractivity contribution in [2.24, 2.45) is 0 Å². The molecular weight excluding hydrogens is 414 g/mol. The summed E-state index contributed by atoms with van der Waals surface area (Å²) in [5, 5.41) is 0.499. The van der Waals surface area contributed by atoms with Gasteiger partial charge < -0.3 is 9.47 Å². The Morgan fingerprint density at radius 2 is 1.77 bits per heavy atom. The second-order valence-corrected chi connectivity index (χ2v) is 7.59. The molecule has 7 nitrogen and oxygen atoms in total. The number of rotatable bonds is 6. The minimum atomic E-state index is -0.573. The van der Waals surface area contributed by atoms with E-state index in [1.165, 1.54) is 23.3 Å². The van der Waals surface area contributed by atoms with Crippen LogP contribution in [0.4, 0.5) is 5.13 Å². The smallest absolute Gasteiger partial charge is 0.338 e. The number of nitrogens with zero attached hydrogens (tertiary/aromatic N) is 3. The molecule has 0 aliphatic rings. The Morgan fingerprint density at radius 3 is 2.48 bits per heavy atom. The maximum absolute atomic E-state index is 13.6. The largest absolute Gasteiger partial charge is 0.497 e. The van der Waals surface area contributed by atoms with Gasteiger partial charge in [0, 0.05) is 6.20 Å². The van der Waals surface area contributed by atoms with Crippen LogP contribution < -0.4 is 9.64 Å². The topological polar surface area (TPSA) is 81.6 Å². The first-order valence-corrected chi connectivity index (χ1v) is 10.3. The number of carbonyl (C=O) groups is 2. The number of esters is 1. The summed E-state index contributed by atoms with van der Waals surface area (Å²) in [6.07, 6.45) is 1.67. The van der Waals surface area contributed by atoms with Gasteiger partial charge in [-0.25, -0.2) is 9.78 Å². The van der Waals surface area contributed by atoms with Gasteiger partial charge in [0.1, 0.15) is 5.75 Å². The van der Waals surface area contributed by atoms with Gasteiger partial charge in [0.25, 0.3) is 5.91 Å². The molecule has 0 radical (unpaired) electrons. The van der Waals surface area contributed by atoms with E-state index in [0.717, 1.165) is 10.2 Å². The van der Waals surface area contributed by atoms with Gasteiger partial charge in [-0.05, 0) is 42.5 Å². The number of amides is 1. The molecule has 0 spiro atoms. The lowest BCUT2D eigenvalue weighted by molar-refractivity contribution is 0.0597. The second kappa shape index (κ2) is 8.93. The first-order chi connectivity index (χ1) is 15.1. The van der Waals surface area contributed by atoms with E-state index >= 15 is 0 Å². The SMILES string of the molecule is COC(=O)c1ccccc1C(=O)N(Cc1ccccn1)c1nc2ccc(OC)cc2s1. The third-order valence-electron chi connectivity index (χ3n) is 4.67. The van der Waals surface area contributed by atoms with Gasteiger partial charge in [0.2, 0.25) is 0 Å². The molecule has 0 aliphatic heterocycles. The average molecular weight is 433 g/mol. The summed E-state index contributed by atoms with van der Waals surface area (Å²) in [4.78, 5) is 36.4. The number of thiazole rings is 1. The maximum atomic E-state index is 13.6. The highest BCUT2D eigenvalue weighted by Crippen LogP contribution is 2.33. The summed E-state index contributed by atoms with van der Waals surface area (Å²) in [6, 6.07) is 17.6. The average Bonchev–Trinajstić information content (AvgIpc) is 3.25. The number of anilines is 1. The van der Waals surface area contributed by atoms with Gasteiger partial charge in [-0.2, -0.15) is 0 Å². The molecule has 31 heavy (non-hydrogen) atoms. The van der Waals surface area contributed by atoms with Gasteiger partial charge in [-0.3, -0.25) is 14.7 Å². The Bertz CT molecular complexity index is 1240. The van der Waals surface area contributed by atoms with Gasteiger partial charge in [0.15, 0.2) is 5.13 Å². The molecule has 0 bridgehead atoms. The Balaban J connectivity index is 1.80. The predicted octanol–water partition coefficient (Wildman–Crippen LogP) is 4.33. The molecule has 0 aliphatic carbocycles. The first kappa shape index (κ1) is 20.5. The molecule has 0 unspecified atom stereocenters. The molecular formula is C23H19N3O4S. The fourth-order valence-corrected chi connectivity index (χ4v) is 4.11. The van der Waals surface area contributed by atoms with Crippen LogP contribution in [0.1, 0.15) is 26.4 Å². The van der Waals surface area contributed by atoms with Crippen LogP contribution in [0.5, 0.6) is 5.75 Å². The zero-order chi connectivity index (χ0) is 21.8. The van der Waals surface area contributed by atoms with Crippen molar-refractivity contribution >= 4 is 38.6 Å². The number of hydrogen-bond donors (Lipinski definition) is 0. The normalized spacial score (nSPS) is 10.6. The minimum absolute atomic E-state index is 0.198. The highest BCUT2D eigenvalue weighted by atomic mass is 32.1.